The third kappa shape index (κ3) is 3.19. The second-order valence-electron chi connectivity index (χ2n) is 6.83. The molecular weight excluding hydrogens is 302 g/mol. The normalized spacial score (nSPS) is 22.7. The molecule has 1 aromatic carbocycles. The van der Waals surface area contributed by atoms with E-state index in [0.717, 1.165) is 50.2 Å². The number of nitrogens with zero attached hydrogens (tertiary/aromatic N) is 2. The number of methoxy groups -OCH3 is 1. The average molecular weight is 327 g/mol. The largest absolute Gasteiger partial charge is 0.495 e. The summed E-state index contributed by atoms with van der Waals surface area (Å²) in [5, 5.41) is 12.6. The minimum absolute atomic E-state index is 0.0747. The first-order valence-electron chi connectivity index (χ1n) is 8.79. The number of nitrogens with one attached hydrogen (secondary N) is 1. The SMILES string of the molecule is COc1ccccc1N1CCC[C@@H](NC(=O)C2(C#N)CCCC2)C1. The van der Waals surface area contributed by atoms with Gasteiger partial charge in [0.1, 0.15) is 11.2 Å². The third-order valence-electron chi connectivity index (χ3n) is 5.29. The molecule has 1 saturated heterocycles. The van der Waals surface area contributed by atoms with Crippen molar-refractivity contribution in [3.63, 3.8) is 0 Å². The Morgan fingerprint density at radius 2 is 2.08 bits per heavy atom. The predicted octanol–water partition coefficient (Wildman–Crippen LogP) is 2.86. The van der Waals surface area contributed by atoms with Crippen molar-refractivity contribution < 1.29 is 9.53 Å². The van der Waals surface area contributed by atoms with Crippen LogP contribution in [0.15, 0.2) is 24.3 Å². The molecule has 3 rings (SSSR count). The van der Waals surface area contributed by atoms with Crippen molar-refractivity contribution in [1.82, 2.24) is 5.32 Å². The number of carbonyl (C=O) groups excluding carboxylic acids is 1. The molecule has 2 aliphatic rings. The summed E-state index contributed by atoms with van der Waals surface area (Å²) in [4.78, 5) is 14.9. The van der Waals surface area contributed by atoms with Gasteiger partial charge in [0.2, 0.25) is 5.91 Å². The first-order chi connectivity index (χ1) is 11.7. The van der Waals surface area contributed by atoms with E-state index in [2.05, 4.69) is 22.4 Å². The number of ether oxygens (including phenoxy) is 1. The van der Waals surface area contributed by atoms with E-state index in [-0.39, 0.29) is 11.9 Å². The summed E-state index contributed by atoms with van der Waals surface area (Å²) >= 11 is 0. The van der Waals surface area contributed by atoms with Crippen molar-refractivity contribution >= 4 is 11.6 Å². The van der Waals surface area contributed by atoms with Crippen LogP contribution in [0.1, 0.15) is 38.5 Å². The summed E-state index contributed by atoms with van der Waals surface area (Å²) in [7, 11) is 1.68. The van der Waals surface area contributed by atoms with Crippen LogP contribution in [-0.2, 0) is 4.79 Å². The molecule has 128 valence electrons. The lowest BCUT2D eigenvalue weighted by Gasteiger charge is -2.36. The number of hydrogen-bond acceptors (Lipinski definition) is 4. The van der Waals surface area contributed by atoms with Gasteiger partial charge in [0.05, 0.1) is 18.9 Å². The lowest BCUT2D eigenvalue weighted by molar-refractivity contribution is -0.128. The topological polar surface area (TPSA) is 65.4 Å². The van der Waals surface area contributed by atoms with Crippen molar-refractivity contribution in [2.24, 2.45) is 5.41 Å². The van der Waals surface area contributed by atoms with Gasteiger partial charge >= 0.3 is 0 Å². The fourth-order valence-corrected chi connectivity index (χ4v) is 3.90. The van der Waals surface area contributed by atoms with Gasteiger partial charge in [-0.25, -0.2) is 0 Å². The van der Waals surface area contributed by atoms with Crippen LogP contribution in [0.5, 0.6) is 5.75 Å². The molecule has 5 heteroatoms. The van der Waals surface area contributed by atoms with E-state index in [4.69, 9.17) is 4.74 Å². The summed E-state index contributed by atoms with van der Waals surface area (Å²) in [6.07, 6.45) is 5.30. The lowest BCUT2D eigenvalue weighted by atomic mass is 9.86. The molecule has 0 spiro atoms. The van der Waals surface area contributed by atoms with E-state index in [1.165, 1.54) is 0 Å². The Labute approximate surface area is 143 Å². The molecule has 0 radical (unpaired) electrons. The zero-order valence-corrected chi connectivity index (χ0v) is 14.3. The number of benzene rings is 1. The first-order valence-corrected chi connectivity index (χ1v) is 8.79. The Balaban J connectivity index is 1.68. The van der Waals surface area contributed by atoms with Gasteiger partial charge < -0.3 is 15.0 Å². The van der Waals surface area contributed by atoms with Gasteiger partial charge in [-0.2, -0.15) is 5.26 Å². The van der Waals surface area contributed by atoms with E-state index in [1.807, 2.05) is 18.2 Å². The average Bonchev–Trinajstić information content (AvgIpc) is 3.12. The summed E-state index contributed by atoms with van der Waals surface area (Å²) in [5.74, 6) is 0.781. The van der Waals surface area contributed by atoms with Crippen molar-refractivity contribution in [2.45, 2.75) is 44.6 Å². The highest BCUT2D eigenvalue weighted by molar-refractivity contribution is 5.86. The maximum Gasteiger partial charge on any atom is 0.240 e. The number of rotatable bonds is 4. The number of carbonyl (C=O) groups is 1. The summed E-state index contributed by atoms with van der Waals surface area (Å²) < 4.78 is 5.46. The Morgan fingerprint density at radius 3 is 2.79 bits per heavy atom. The minimum atomic E-state index is -0.799. The Kier molecular flexibility index (Phi) is 4.94. The van der Waals surface area contributed by atoms with Crippen molar-refractivity contribution in [2.75, 3.05) is 25.1 Å². The number of para-hydroxylation sites is 2. The first kappa shape index (κ1) is 16.6. The molecule has 1 aromatic rings. The molecule has 1 N–H and O–H groups in total. The van der Waals surface area contributed by atoms with Crippen LogP contribution in [0.25, 0.3) is 0 Å². The van der Waals surface area contributed by atoms with Gasteiger partial charge in [-0.05, 0) is 37.8 Å². The highest BCUT2D eigenvalue weighted by atomic mass is 16.5. The van der Waals surface area contributed by atoms with Crippen LogP contribution in [-0.4, -0.2) is 32.1 Å². The number of hydrogen-bond donors (Lipinski definition) is 1. The Bertz CT molecular complexity index is 632. The maximum atomic E-state index is 12.7. The molecule has 1 aliphatic carbocycles. The molecule has 1 saturated carbocycles. The van der Waals surface area contributed by atoms with E-state index < -0.39 is 5.41 Å². The third-order valence-corrected chi connectivity index (χ3v) is 5.29. The molecule has 1 aliphatic heterocycles. The fourth-order valence-electron chi connectivity index (χ4n) is 3.90. The molecular formula is C19H25N3O2. The molecule has 24 heavy (non-hydrogen) atoms. The van der Waals surface area contributed by atoms with Crippen LogP contribution in [0.2, 0.25) is 0 Å². The van der Waals surface area contributed by atoms with E-state index in [9.17, 15) is 10.1 Å². The lowest BCUT2D eigenvalue weighted by Crippen LogP contribution is -2.51. The van der Waals surface area contributed by atoms with Crippen molar-refractivity contribution in [3.05, 3.63) is 24.3 Å². The monoisotopic (exact) mass is 327 g/mol. The van der Waals surface area contributed by atoms with Gasteiger partial charge in [0, 0.05) is 19.1 Å². The van der Waals surface area contributed by atoms with Crippen LogP contribution in [0.4, 0.5) is 5.69 Å². The van der Waals surface area contributed by atoms with Gasteiger partial charge in [0.25, 0.3) is 0 Å². The number of nitriles is 1. The van der Waals surface area contributed by atoms with E-state index in [1.54, 1.807) is 7.11 Å². The molecule has 0 unspecified atom stereocenters. The fraction of sp³-hybridized carbons (Fsp3) is 0.579. The summed E-state index contributed by atoms with van der Waals surface area (Å²) in [5.41, 5.74) is 0.266. The highest BCUT2D eigenvalue weighted by Crippen LogP contribution is 2.38. The quantitative estimate of drug-likeness (QED) is 0.923. The van der Waals surface area contributed by atoms with Gasteiger partial charge in [-0.3, -0.25) is 4.79 Å². The zero-order valence-electron chi connectivity index (χ0n) is 14.3. The summed E-state index contributed by atoms with van der Waals surface area (Å²) in [6.45, 7) is 1.71. The second kappa shape index (κ2) is 7.12. The van der Waals surface area contributed by atoms with Gasteiger partial charge in [-0.1, -0.05) is 25.0 Å². The van der Waals surface area contributed by atoms with Crippen LogP contribution in [0, 0.1) is 16.7 Å². The van der Waals surface area contributed by atoms with E-state index in [0.29, 0.717) is 12.8 Å². The smallest absolute Gasteiger partial charge is 0.240 e. The molecule has 1 atom stereocenters. The van der Waals surface area contributed by atoms with Crippen LogP contribution < -0.4 is 15.0 Å². The summed E-state index contributed by atoms with van der Waals surface area (Å²) in [6, 6.07) is 10.3. The molecule has 5 nitrogen and oxygen atoms in total. The maximum absolute atomic E-state index is 12.7. The van der Waals surface area contributed by atoms with Gasteiger partial charge in [0.15, 0.2) is 0 Å². The van der Waals surface area contributed by atoms with Crippen LogP contribution >= 0.6 is 0 Å². The standard InChI is InChI=1S/C19H25N3O2/c1-24-17-9-3-2-8-16(17)22-12-6-7-15(13-22)21-18(23)19(14-20)10-4-5-11-19/h2-3,8-9,15H,4-7,10-13H2,1H3,(H,21,23)/t15-/m1/s1. The van der Waals surface area contributed by atoms with E-state index >= 15 is 0 Å². The number of anilines is 1. The van der Waals surface area contributed by atoms with Gasteiger partial charge in [-0.15, -0.1) is 0 Å². The molecule has 0 aromatic heterocycles. The Morgan fingerprint density at radius 1 is 1.33 bits per heavy atom. The van der Waals surface area contributed by atoms with Crippen molar-refractivity contribution in [3.8, 4) is 11.8 Å². The number of piperidine rings is 1. The minimum Gasteiger partial charge on any atom is -0.495 e. The molecule has 0 bridgehead atoms. The van der Waals surface area contributed by atoms with Crippen LogP contribution in [0.3, 0.4) is 0 Å². The molecule has 1 amide bonds. The Hall–Kier alpha value is -2.22. The van der Waals surface area contributed by atoms with Crippen molar-refractivity contribution in [1.29, 1.82) is 5.26 Å². The molecule has 2 fully saturated rings. The highest BCUT2D eigenvalue weighted by Gasteiger charge is 2.42. The second-order valence-corrected chi connectivity index (χ2v) is 6.83. The molecule has 1 heterocycles. The zero-order chi connectivity index (χ0) is 17.0. The number of amides is 1. The predicted molar refractivity (Wildman–Crippen MR) is 92.9 cm³/mol.